The van der Waals surface area contributed by atoms with Crippen LogP contribution in [-0.4, -0.2) is 43.9 Å². The summed E-state index contributed by atoms with van der Waals surface area (Å²) in [5.74, 6) is -0.370. The van der Waals surface area contributed by atoms with Gasteiger partial charge in [-0.25, -0.2) is 4.72 Å². The molecule has 0 aromatic carbocycles. The second kappa shape index (κ2) is 7.81. The van der Waals surface area contributed by atoms with Gasteiger partial charge in [-0.05, 0) is 12.3 Å². The third-order valence-electron chi connectivity index (χ3n) is 3.61. The highest BCUT2D eigenvalue weighted by atomic mass is 32.2. The van der Waals surface area contributed by atoms with Crippen LogP contribution in [0.25, 0.3) is 0 Å². The highest BCUT2D eigenvalue weighted by Gasteiger charge is 2.19. The summed E-state index contributed by atoms with van der Waals surface area (Å²) in [5, 5.41) is 8.53. The van der Waals surface area contributed by atoms with E-state index in [0.29, 0.717) is 12.5 Å². The van der Waals surface area contributed by atoms with Crippen LogP contribution in [0.3, 0.4) is 0 Å². The Morgan fingerprint density at radius 1 is 1.32 bits per heavy atom. The summed E-state index contributed by atoms with van der Waals surface area (Å²) >= 11 is 0. The van der Waals surface area contributed by atoms with E-state index in [1.54, 1.807) is 0 Å². The molecule has 0 heterocycles. The van der Waals surface area contributed by atoms with Crippen LogP contribution in [0.15, 0.2) is 0 Å². The first-order valence-corrected chi connectivity index (χ1v) is 8.28. The van der Waals surface area contributed by atoms with E-state index in [-0.39, 0.29) is 13.0 Å². The minimum absolute atomic E-state index is 0.00586. The smallest absolute Gasteiger partial charge is 0.304 e. The quantitative estimate of drug-likeness (QED) is 0.703. The molecule has 112 valence electrons. The van der Waals surface area contributed by atoms with Crippen LogP contribution >= 0.6 is 0 Å². The molecule has 1 fully saturated rings. The van der Waals surface area contributed by atoms with E-state index in [2.05, 4.69) is 4.72 Å². The Hall–Kier alpha value is -0.660. The lowest BCUT2D eigenvalue weighted by atomic mass is 9.87. The fraction of sp³-hybridized carbons (Fsp3) is 0.917. The molecule has 0 saturated heterocycles. The van der Waals surface area contributed by atoms with Gasteiger partial charge in [-0.3, -0.25) is 4.79 Å². The van der Waals surface area contributed by atoms with E-state index in [1.165, 1.54) is 39.2 Å². The lowest BCUT2D eigenvalue weighted by molar-refractivity contribution is -0.137. The maximum Gasteiger partial charge on any atom is 0.304 e. The van der Waals surface area contributed by atoms with Crippen molar-refractivity contribution >= 4 is 16.2 Å². The summed E-state index contributed by atoms with van der Waals surface area (Å²) in [6, 6.07) is 0. The molecule has 0 amide bonds. The minimum atomic E-state index is -3.54. The van der Waals surface area contributed by atoms with Crippen molar-refractivity contribution in [2.75, 3.05) is 20.1 Å². The van der Waals surface area contributed by atoms with Gasteiger partial charge in [0.1, 0.15) is 0 Å². The van der Waals surface area contributed by atoms with Crippen molar-refractivity contribution < 1.29 is 18.3 Å². The zero-order valence-corrected chi connectivity index (χ0v) is 12.3. The first-order valence-electron chi connectivity index (χ1n) is 6.84. The van der Waals surface area contributed by atoms with Crippen molar-refractivity contribution in [3.63, 3.8) is 0 Å². The molecular weight excluding hydrogens is 268 g/mol. The van der Waals surface area contributed by atoms with Crippen LogP contribution in [0.4, 0.5) is 0 Å². The summed E-state index contributed by atoms with van der Waals surface area (Å²) < 4.78 is 27.2. The van der Waals surface area contributed by atoms with Crippen LogP contribution in [-0.2, 0) is 15.0 Å². The van der Waals surface area contributed by atoms with Gasteiger partial charge in [-0.15, -0.1) is 0 Å². The second-order valence-electron chi connectivity index (χ2n) is 5.16. The van der Waals surface area contributed by atoms with Crippen molar-refractivity contribution in [1.82, 2.24) is 9.03 Å². The Balaban J connectivity index is 2.27. The van der Waals surface area contributed by atoms with E-state index >= 15 is 0 Å². The molecule has 7 heteroatoms. The van der Waals surface area contributed by atoms with E-state index in [4.69, 9.17) is 5.11 Å². The Morgan fingerprint density at radius 3 is 2.53 bits per heavy atom. The molecule has 0 aliphatic heterocycles. The van der Waals surface area contributed by atoms with Gasteiger partial charge in [0.2, 0.25) is 0 Å². The number of hydrogen-bond donors (Lipinski definition) is 2. The summed E-state index contributed by atoms with van der Waals surface area (Å²) in [6.45, 7) is 0.429. The Bertz CT molecular complexity index is 377. The molecule has 1 saturated carbocycles. The minimum Gasteiger partial charge on any atom is -0.481 e. The lowest BCUT2D eigenvalue weighted by Gasteiger charge is -2.22. The Morgan fingerprint density at radius 2 is 1.95 bits per heavy atom. The predicted octanol–water partition coefficient (Wildman–Crippen LogP) is 1.20. The number of aliphatic carboxylic acids is 1. The highest BCUT2D eigenvalue weighted by Crippen LogP contribution is 2.25. The van der Waals surface area contributed by atoms with E-state index in [9.17, 15) is 13.2 Å². The van der Waals surface area contributed by atoms with Crippen molar-refractivity contribution in [2.24, 2.45) is 5.92 Å². The number of carbonyl (C=O) groups is 1. The summed E-state index contributed by atoms with van der Waals surface area (Å²) in [4.78, 5) is 10.4. The normalized spacial score (nSPS) is 17.8. The van der Waals surface area contributed by atoms with Gasteiger partial charge in [-0.1, -0.05) is 32.1 Å². The number of rotatable bonds is 8. The zero-order valence-electron chi connectivity index (χ0n) is 11.5. The fourth-order valence-corrected chi connectivity index (χ4v) is 3.28. The van der Waals surface area contributed by atoms with Crippen molar-refractivity contribution in [3.05, 3.63) is 0 Å². The molecule has 0 aromatic heterocycles. The van der Waals surface area contributed by atoms with Crippen LogP contribution in [0.5, 0.6) is 0 Å². The van der Waals surface area contributed by atoms with E-state index in [1.807, 2.05) is 0 Å². The van der Waals surface area contributed by atoms with Gasteiger partial charge >= 0.3 is 5.97 Å². The fourth-order valence-electron chi connectivity index (χ4n) is 2.35. The molecule has 0 atom stereocenters. The summed E-state index contributed by atoms with van der Waals surface area (Å²) in [5.41, 5.74) is 0. The molecular formula is C12H24N2O4S. The van der Waals surface area contributed by atoms with Crippen molar-refractivity contribution in [1.29, 1.82) is 0 Å². The number of carboxylic acid groups (broad SMARTS) is 1. The van der Waals surface area contributed by atoms with Crippen molar-refractivity contribution in [3.8, 4) is 0 Å². The van der Waals surface area contributed by atoms with Gasteiger partial charge in [0.15, 0.2) is 0 Å². The number of nitrogens with one attached hydrogen (secondary N) is 1. The molecule has 6 nitrogen and oxygen atoms in total. The Labute approximate surface area is 115 Å². The molecule has 1 aliphatic carbocycles. The predicted molar refractivity (Wildman–Crippen MR) is 73.0 cm³/mol. The van der Waals surface area contributed by atoms with E-state index in [0.717, 1.165) is 10.7 Å². The maximum absolute atomic E-state index is 11.8. The molecule has 1 aliphatic rings. The summed E-state index contributed by atoms with van der Waals surface area (Å²) in [7, 11) is -2.14. The van der Waals surface area contributed by atoms with E-state index < -0.39 is 16.2 Å². The number of carboxylic acids is 1. The molecule has 0 spiro atoms. The molecule has 0 aromatic rings. The molecule has 0 radical (unpaired) electrons. The van der Waals surface area contributed by atoms with Gasteiger partial charge in [0.25, 0.3) is 10.2 Å². The van der Waals surface area contributed by atoms with Gasteiger partial charge < -0.3 is 5.11 Å². The van der Waals surface area contributed by atoms with Crippen LogP contribution in [0.2, 0.25) is 0 Å². The first-order chi connectivity index (χ1) is 8.92. The lowest BCUT2D eigenvalue weighted by Crippen LogP contribution is -2.40. The third-order valence-corrected chi connectivity index (χ3v) is 5.18. The standard InChI is InChI=1S/C12H24N2O4S/c1-14(10-8-12(15)16)19(17,18)13-9-7-11-5-3-2-4-6-11/h11,13H,2-10H2,1H3,(H,15,16). The van der Waals surface area contributed by atoms with Gasteiger partial charge in [-0.2, -0.15) is 12.7 Å². The van der Waals surface area contributed by atoms with Crippen LogP contribution in [0, 0.1) is 5.92 Å². The highest BCUT2D eigenvalue weighted by molar-refractivity contribution is 7.87. The molecule has 2 N–H and O–H groups in total. The average Bonchev–Trinajstić information content (AvgIpc) is 2.36. The largest absolute Gasteiger partial charge is 0.481 e. The topological polar surface area (TPSA) is 86.7 Å². The average molecular weight is 292 g/mol. The number of nitrogens with zero attached hydrogens (tertiary/aromatic N) is 1. The third kappa shape index (κ3) is 6.35. The van der Waals surface area contributed by atoms with Crippen LogP contribution < -0.4 is 4.72 Å². The summed E-state index contributed by atoms with van der Waals surface area (Å²) in [6.07, 6.45) is 6.85. The molecule has 0 unspecified atom stereocenters. The first kappa shape index (κ1) is 16.4. The SMILES string of the molecule is CN(CCC(=O)O)S(=O)(=O)NCCC1CCCCC1. The second-order valence-corrected chi connectivity index (χ2v) is 7.02. The Kier molecular flexibility index (Phi) is 6.74. The maximum atomic E-state index is 11.8. The van der Waals surface area contributed by atoms with Crippen LogP contribution in [0.1, 0.15) is 44.9 Å². The van der Waals surface area contributed by atoms with Gasteiger partial charge in [0.05, 0.1) is 6.42 Å². The zero-order chi connectivity index (χ0) is 14.3. The number of hydrogen-bond acceptors (Lipinski definition) is 3. The van der Waals surface area contributed by atoms with Crippen molar-refractivity contribution in [2.45, 2.75) is 44.9 Å². The monoisotopic (exact) mass is 292 g/mol. The molecule has 0 bridgehead atoms. The molecule has 19 heavy (non-hydrogen) atoms. The molecule has 1 rings (SSSR count). The van der Waals surface area contributed by atoms with Gasteiger partial charge in [0, 0.05) is 20.1 Å².